The zero-order valence-corrected chi connectivity index (χ0v) is 20.0. The van der Waals surface area contributed by atoms with E-state index < -0.39 is 10.0 Å². The van der Waals surface area contributed by atoms with Crippen LogP contribution in [0.4, 0.5) is 11.4 Å². The van der Waals surface area contributed by atoms with Crippen LogP contribution in [-0.4, -0.2) is 42.0 Å². The molecule has 0 fully saturated rings. The lowest BCUT2D eigenvalue weighted by atomic mass is 10.1. The number of rotatable bonds is 9. The fourth-order valence-corrected chi connectivity index (χ4v) is 4.44. The van der Waals surface area contributed by atoms with Gasteiger partial charge in [-0.05, 0) is 48.0 Å². The molecule has 0 aliphatic heterocycles. The molecule has 0 aliphatic carbocycles. The molecule has 9 nitrogen and oxygen atoms in total. The van der Waals surface area contributed by atoms with Crippen molar-refractivity contribution in [3.05, 3.63) is 59.7 Å². The molecule has 0 saturated heterocycles. The molecule has 0 aliphatic rings. The van der Waals surface area contributed by atoms with Gasteiger partial charge in [0.05, 0.1) is 33.3 Å². The second kappa shape index (κ2) is 10.3. The average molecular weight is 487 g/mol. The molecule has 0 atom stereocenters. The number of sulfonamides is 1. The smallest absolute Gasteiger partial charge is 0.262 e. The summed E-state index contributed by atoms with van der Waals surface area (Å²) in [5, 5.41) is 10.3. The molecule has 0 unspecified atom stereocenters. The number of hydrogen-bond donors (Lipinski definition) is 3. The highest BCUT2D eigenvalue weighted by molar-refractivity contribution is 7.92. The molecule has 10 heteroatoms. The van der Waals surface area contributed by atoms with Crippen molar-refractivity contribution in [2.45, 2.75) is 4.90 Å². The first kappa shape index (κ1) is 24.6. The predicted molar refractivity (Wildman–Crippen MR) is 131 cm³/mol. The Kier molecular flexibility index (Phi) is 7.42. The summed E-state index contributed by atoms with van der Waals surface area (Å²) < 4.78 is 49.9. The van der Waals surface area contributed by atoms with Crippen LogP contribution in [0.5, 0.6) is 28.7 Å². The number of nitrogens with two attached hydrogens (primary N) is 1. The topological polar surface area (TPSA) is 129 Å². The van der Waals surface area contributed by atoms with Crippen molar-refractivity contribution in [1.29, 1.82) is 0 Å². The molecule has 0 saturated carbocycles. The van der Waals surface area contributed by atoms with Crippen LogP contribution in [-0.2, 0) is 10.0 Å². The van der Waals surface area contributed by atoms with Gasteiger partial charge in [-0.3, -0.25) is 4.72 Å². The molecule has 3 rings (SSSR count). The molecule has 3 aromatic carbocycles. The molecule has 4 N–H and O–H groups in total. The van der Waals surface area contributed by atoms with E-state index in [0.29, 0.717) is 34.1 Å². The van der Waals surface area contributed by atoms with Crippen molar-refractivity contribution in [3.63, 3.8) is 0 Å². The molecule has 0 spiro atoms. The van der Waals surface area contributed by atoms with E-state index in [0.717, 1.165) is 0 Å². The highest BCUT2D eigenvalue weighted by Crippen LogP contribution is 2.41. The van der Waals surface area contributed by atoms with Gasteiger partial charge < -0.3 is 29.8 Å². The normalized spacial score (nSPS) is 11.3. The quantitative estimate of drug-likeness (QED) is 0.306. The van der Waals surface area contributed by atoms with Crippen molar-refractivity contribution < 1.29 is 32.5 Å². The second-order valence-electron chi connectivity index (χ2n) is 7.05. The van der Waals surface area contributed by atoms with Crippen LogP contribution < -0.4 is 29.4 Å². The molecule has 0 heterocycles. The zero-order valence-electron chi connectivity index (χ0n) is 19.2. The summed E-state index contributed by atoms with van der Waals surface area (Å²) in [5.74, 6) is 1.13. The number of phenols is 1. The van der Waals surface area contributed by atoms with Gasteiger partial charge >= 0.3 is 0 Å². The largest absolute Gasteiger partial charge is 0.504 e. The maximum absolute atomic E-state index is 13.0. The van der Waals surface area contributed by atoms with Crippen LogP contribution in [0.2, 0.25) is 0 Å². The minimum atomic E-state index is -4.03. The first-order valence-electron chi connectivity index (χ1n) is 10.0. The van der Waals surface area contributed by atoms with Crippen LogP contribution in [0.25, 0.3) is 12.2 Å². The van der Waals surface area contributed by atoms with Crippen LogP contribution >= 0.6 is 0 Å². The van der Waals surface area contributed by atoms with Gasteiger partial charge in [0.1, 0.15) is 5.69 Å². The molecule has 0 aromatic heterocycles. The molecule has 0 bridgehead atoms. The highest BCUT2D eigenvalue weighted by atomic mass is 32.2. The van der Waals surface area contributed by atoms with Crippen molar-refractivity contribution in [1.82, 2.24) is 0 Å². The van der Waals surface area contributed by atoms with Gasteiger partial charge in [-0.1, -0.05) is 18.2 Å². The lowest BCUT2D eigenvalue weighted by Gasteiger charge is -2.16. The molecule has 0 radical (unpaired) electrons. The van der Waals surface area contributed by atoms with E-state index >= 15 is 0 Å². The summed E-state index contributed by atoms with van der Waals surface area (Å²) in [5.41, 5.74) is 7.24. The van der Waals surface area contributed by atoms with Gasteiger partial charge in [0.15, 0.2) is 23.0 Å². The summed E-state index contributed by atoms with van der Waals surface area (Å²) in [4.78, 5) is -0.0301. The third-order valence-corrected chi connectivity index (χ3v) is 6.27. The Hall–Kier alpha value is -4.05. The first-order valence-corrected chi connectivity index (χ1v) is 11.5. The molecule has 34 heavy (non-hydrogen) atoms. The maximum atomic E-state index is 13.0. The summed E-state index contributed by atoms with van der Waals surface area (Å²) >= 11 is 0. The number of anilines is 2. The Morgan fingerprint density at radius 3 is 2.06 bits per heavy atom. The zero-order chi connectivity index (χ0) is 24.9. The lowest BCUT2D eigenvalue weighted by molar-refractivity contribution is 0.324. The van der Waals surface area contributed by atoms with E-state index in [1.54, 1.807) is 36.4 Å². The molecule has 0 amide bonds. The minimum absolute atomic E-state index is 0.0282. The number of phenolic OH excluding ortho intramolecular Hbond substituents is 1. The van der Waals surface area contributed by atoms with Gasteiger partial charge in [0, 0.05) is 11.3 Å². The summed E-state index contributed by atoms with van der Waals surface area (Å²) in [6.07, 6.45) is 3.40. The third kappa shape index (κ3) is 5.12. The van der Waals surface area contributed by atoms with Crippen molar-refractivity contribution in [2.75, 3.05) is 38.9 Å². The van der Waals surface area contributed by atoms with Crippen LogP contribution in [0, 0.1) is 0 Å². The summed E-state index contributed by atoms with van der Waals surface area (Å²) in [6, 6.07) is 12.3. The summed E-state index contributed by atoms with van der Waals surface area (Å²) in [7, 11) is 1.84. The molecule has 3 aromatic rings. The van der Waals surface area contributed by atoms with Crippen molar-refractivity contribution >= 4 is 33.6 Å². The predicted octanol–water partition coefficient (Wildman–Crippen LogP) is 3.98. The number of aromatic hydroxyl groups is 1. The molecule has 180 valence electrons. The minimum Gasteiger partial charge on any atom is -0.504 e. The number of hydrogen-bond acceptors (Lipinski definition) is 8. The number of methoxy groups -OCH3 is 4. The van der Waals surface area contributed by atoms with E-state index in [1.807, 2.05) is 0 Å². The van der Waals surface area contributed by atoms with E-state index in [1.165, 1.54) is 52.7 Å². The Labute approximate surface area is 198 Å². The van der Waals surface area contributed by atoms with Gasteiger partial charge in [-0.25, -0.2) is 8.42 Å². The van der Waals surface area contributed by atoms with Crippen LogP contribution in [0.3, 0.4) is 0 Å². The average Bonchev–Trinajstić information content (AvgIpc) is 2.82. The number of ether oxygens (including phenoxy) is 4. The van der Waals surface area contributed by atoms with Gasteiger partial charge in [-0.2, -0.15) is 0 Å². The highest BCUT2D eigenvalue weighted by Gasteiger charge is 2.21. The van der Waals surface area contributed by atoms with Crippen LogP contribution in [0.1, 0.15) is 11.1 Å². The van der Waals surface area contributed by atoms with E-state index in [2.05, 4.69) is 4.72 Å². The first-order chi connectivity index (χ1) is 16.2. The van der Waals surface area contributed by atoms with Gasteiger partial charge in [-0.15, -0.1) is 0 Å². The standard InChI is InChI=1S/C24H26N2O7S/c1-30-20-12-15(13-21(31-2)24(20)33-4)8-9-16-10-11-19(27)23(32-3)22(16)26-34(28,29)18-7-5-6-17(25)14-18/h5-14,26-27H,25H2,1-4H3. The third-order valence-electron chi connectivity index (χ3n) is 4.92. The number of benzene rings is 3. The van der Waals surface area contributed by atoms with E-state index in [-0.39, 0.29) is 22.1 Å². The second-order valence-corrected chi connectivity index (χ2v) is 8.73. The van der Waals surface area contributed by atoms with Gasteiger partial charge in [0.25, 0.3) is 10.0 Å². The monoisotopic (exact) mass is 486 g/mol. The molecular formula is C24H26N2O7S. The maximum Gasteiger partial charge on any atom is 0.262 e. The Morgan fingerprint density at radius 2 is 1.50 bits per heavy atom. The Bertz CT molecular complexity index is 1300. The SMILES string of the molecule is COc1cc(C=Cc2ccc(O)c(OC)c2NS(=O)(=O)c2cccc(N)c2)cc(OC)c1OC. The molecular weight excluding hydrogens is 460 g/mol. The van der Waals surface area contributed by atoms with Crippen LogP contribution in [0.15, 0.2) is 53.4 Å². The van der Waals surface area contributed by atoms with Gasteiger partial charge in [0.2, 0.25) is 5.75 Å². The fraction of sp³-hybridized carbons (Fsp3) is 0.167. The van der Waals surface area contributed by atoms with Crippen molar-refractivity contribution in [2.24, 2.45) is 0 Å². The van der Waals surface area contributed by atoms with E-state index in [4.69, 9.17) is 24.7 Å². The Morgan fingerprint density at radius 1 is 0.853 bits per heavy atom. The lowest BCUT2D eigenvalue weighted by Crippen LogP contribution is -2.15. The summed E-state index contributed by atoms with van der Waals surface area (Å²) in [6.45, 7) is 0. The van der Waals surface area contributed by atoms with E-state index in [9.17, 15) is 13.5 Å². The van der Waals surface area contributed by atoms with Crippen molar-refractivity contribution in [3.8, 4) is 28.7 Å². The number of nitrogens with one attached hydrogen (secondary N) is 1. The number of nitrogen functional groups attached to an aromatic ring is 1. The Balaban J connectivity index is 2.08. The fourth-order valence-electron chi connectivity index (χ4n) is 3.30.